The van der Waals surface area contributed by atoms with Crippen LogP contribution in [-0.4, -0.2) is 41.7 Å². The molecular formula is C6H13NO3. The Morgan fingerprint density at radius 3 is 2.80 bits per heavy atom. The second-order valence-electron chi connectivity index (χ2n) is 2.60. The van der Waals surface area contributed by atoms with Gasteiger partial charge in [0, 0.05) is 6.42 Å². The molecule has 1 aliphatic rings. The van der Waals surface area contributed by atoms with Crippen LogP contribution >= 0.6 is 0 Å². The maximum absolute atomic E-state index is 9.16. The third-order valence-corrected chi connectivity index (χ3v) is 1.73. The Balaban J connectivity index is 2.33. The van der Waals surface area contributed by atoms with Gasteiger partial charge in [0.15, 0.2) is 0 Å². The van der Waals surface area contributed by atoms with Crippen molar-refractivity contribution >= 4 is 0 Å². The molecule has 1 rings (SSSR count). The van der Waals surface area contributed by atoms with E-state index in [9.17, 15) is 0 Å². The molecule has 1 fully saturated rings. The van der Waals surface area contributed by atoms with Crippen LogP contribution in [0, 0.1) is 0 Å². The molecule has 10 heavy (non-hydrogen) atoms. The van der Waals surface area contributed by atoms with Gasteiger partial charge in [-0.15, -0.1) is 0 Å². The first kappa shape index (κ1) is 7.94. The van der Waals surface area contributed by atoms with Gasteiger partial charge in [0.2, 0.25) is 0 Å². The molecule has 3 unspecified atom stereocenters. The SMILES string of the molecule is NC1COC(CO)CC1O. The minimum absolute atomic E-state index is 0.0379. The fourth-order valence-electron chi connectivity index (χ4n) is 0.998. The van der Waals surface area contributed by atoms with Crippen molar-refractivity contribution in [1.29, 1.82) is 0 Å². The van der Waals surface area contributed by atoms with Crippen molar-refractivity contribution in [2.45, 2.75) is 24.7 Å². The zero-order chi connectivity index (χ0) is 7.56. The van der Waals surface area contributed by atoms with Gasteiger partial charge >= 0.3 is 0 Å². The highest BCUT2D eigenvalue weighted by atomic mass is 16.5. The molecule has 4 heteroatoms. The molecule has 0 amide bonds. The Morgan fingerprint density at radius 2 is 2.30 bits per heavy atom. The van der Waals surface area contributed by atoms with E-state index >= 15 is 0 Å². The van der Waals surface area contributed by atoms with E-state index in [-0.39, 0.29) is 18.8 Å². The van der Waals surface area contributed by atoms with Crippen molar-refractivity contribution in [2.75, 3.05) is 13.2 Å². The summed E-state index contributed by atoms with van der Waals surface area (Å²) in [7, 11) is 0. The Morgan fingerprint density at radius 1 is 1.60 bits per heavy atom. The van der Waals surface area contributed by atoms with Crippen LogP contribution < -0.4 is 5.73 Å². The summed E-state index contributed by atoms with van der Waals surface area (Å²) < 4.78 is 5.07. The van der Waals surface area contributed by atoms with Crippen molar-refractivity contribution < 1.29 is 14.9 Å². The van der Waals surface area contributed by atoms with Crippen LogP contribution in [-0.2, 0) is 4.74 Å². The molecule has 0 radical (unpaired) electrons. The number of ether oxygens (including phenoxy) is 1. The Hall–Kier alpha value is -0.160. The first-order valence-corrected chi connectivity index (χ1v) is 3.40. The first-order chi connectivity index (χ1) is 4.74. The first-order valence-electron chi connectivity index (χ1n) is 3.40. The lowest BCUT2D eigenvalue weighted by Gasteiger charge is -2.29. The van der Waals surface area contributed by atoms with Crippen LogP contribution in [0.3, 0.4) is 0 Å². The predicted molar refractivity (Wildman–Crippen MR) is 35.4 cm³/mol. The van der Waals surface area contributed by atoms with Crippen LogP contribution in [0.15, 0.2) is 0 Å². The molecule has 0 aromatic heterocycles. The second-order valence-corrected chi connectivity index (χ2v) is 2.60. The summed E-state index contributed by atoms with van der Waals surface area (Å²) in [6.07, 6.45) is -0.307. The predicted octanol–water partition coefficient (Wildman–Crippen LogP) is -1.54. The summed E-state index contributed by atoms with van der Waals surface area (Å²) in [5, 5.41) is 17.8. The van der Waals surface area contributed by atoms with E-state index in [0.717, 1.165) is 0 Å². The summed E-state index contributed by atoms with van der Waals surface area (Å²) in [4.78, 5) is 0. The topological polar surface area (TPSA) is 75.7 Å². The number of rotatable bonds is 1. The maximum atomic E-state index is 9.16. The van der Waals surface area contributed by atoms with E-state index in [2.05, 4.69) is 0 Å². The summed E-state index contributed by atoms with van der Waals surface area (Å²) in [5.41, 5.74) is 5.44. The highest BCUT2D eigenvalue weighted by molar-refractivity contribution is 4.79. The van der Waals surface area contributed by atoms with E-state index < -0.39 is 6.10 Å². The van der Waals surface area contributed by atoms with E-state index in [1.807, 2.05) is 0 Å². The lowest BCUT2D eigenvalue weighted by molar-refractivity contribution is -0.0755. The molecule has 1 saturated heterocycles. The number of aliphatic hydroxyl groups is 2. The van der Waals surface area contributed by atoms with E-state index in [1.165, 1.54) is 0 Å². The van der Waals surface area contributed by atoms with Crippen LogP contribution in [0.25, 0.3) is 0 Å². The van der Waals surface area contributed by atoms with Gasteiger partial charge in [-0.3, -0.25) is 0 Å². The second kappa shape index (κ2) is 3.30. The van der Waals surface area contributed by atoms with Gasteiger partial charge in [-0.2, -0.15) is 0 Å². The third-order valence-electron chi connectivity index (χ3n) is 1.73. The van der Waals surface area contributed by atoms with Gasteiger partial charge < -0.3 is 20.7 Å². The molecule has 4 N–H and O–H groups in total. The van der Waals surface area contributed by atoms with Crippen molar-refractivity contribution in [3.63, 3.8) is 0 Å². The smallest absolute Gasteiger partial charge is 0.0831 e. The molecule has 3 atom stereocenters. The number of nitrogens with two attached hydrogens (primary N) is 1. The van der Waals surface area contributed by atoms with Crippen molar-refractivity contribution in [1.82, 2.24) is 0 Å². The lowest BCUT2D eigenvalue weighted by atomic mass is 10.0. The summed E-state index contributed by atoms with van der Waals surface area (Å²) in [6.45, 7) is 0.302. The van der Waals surface area contributed by atoms with Gasteiger partial charge in [0.05, 0.1) is 31.5 Å². The van der Waals surface area contributed by atoms with Crippen LogP contribution in [0.4, 0.5) is 0 Å². The van der Waals surface area contributed by atoms with Gasteiger partial charge in [-0.25, -0.2) is 0 Å². The van der Waals surface area contributed by atoms with Crippen LogP contribution in [0.1, 0.15) is 6.42 Å². The monoisotopic (exact) mass is 147 g/mol. The van der Waals surface area contributed by atoms with Crippen LogP contribution in [0.2, 0.25) is 0 Å². The van der Waals surface area contributed by atoms with E-state index in [0.29, 0.717) is 13.0 Å². The normalized spacial score (nSPS) is 41.7. The third kappa shape index (κ3) is 1.67. The zero-order valence-corrected chi connectivity index (χ0v) is 5.73. The van der Waals surface area contributed by atoms with E-state index in [1.54, 1.807) is 0 Å². The average Bonchev–Trinajstić information content (AvgIpc) is 1.95. The molecule has 0 bridgehead atoms. The zero-order valence-electron chi connectivity index (χ0n) is 5.73. The summed E-state index contributed by atoms with van der Waals surface area (Å²) in [5.74, 6) is 0. The molecule has 0 aromatic rings. The highest BCUT2D eigenvalue weighted by Crippen LogP contribution is 2.11. The Labute approximate surface area is 59.6 Å². The van der Waals surface area contributed by atoms with Crippen molar-refractivity contribution in [2.24, 2.45) is 5.73 Å². The fourth-order valence-corrected chi connectivity index (χ4v) is 0.998. The molecule has 60 valence electrons. The van der Waals surface area contributed by atoms with Crippen molar-refractivity contribution in [3.8, 4) is 0 Å². The molecule has 4 nitrogen and oxygen atoms in total. The Kier molecular flexibility index (Phi) is 2.62. The molecular weight excluding hydrogens is 134 g/mol. The van der Waals surface area contributed by atoms with Crippen LogP contribution in [0.5, 0.6) is 0 Å². The molecule has 1 aliphatic heterocycles. The molecule has 1 heterocycles. The summed E-state index contributed by atoms with van der Waals surface area (Å²) in [6, 6.07) is -0.289. The Bertz CT molecular complexity index is 109. The maximum Gasteiger partial charge on any atom is 0.0831 e. The number of aliphatic hydroxyl groups excluding tert-OH is 2. The minimum atomic E-state index is -0.522. The number of hydrogen-bond donors (Lipinski definition) is 3. The minimum Gasteiger partial charge on any atom is -0.394 e. The average molecular weight is 147 g/mol. The largest absolute Gasteiger partial charge is 0.394 e. The quantitative estimate of drug-likeness (QED) is 0.420. The standard InChI is InChI=1S/C6H13NO3/c7-5-3-10-4(2-8)1-6(5)9/h4-6,8-9H,1-3,7H2. The lowest BCUT2D eigenvalue weighted by Crippen LogP contribution is -2.47. The highest BCUT2D eigenvalue weighted by Gasteiger charge is 2.26. The molecule has 0 aliphatic carbocycles. The fraction of sp³-hybridized carbons (Fsp3) is 1.00. The summed E-state index contributed by atoms with van der Waals surface area (Å²) >= 11 is 0. The molecule has 0 saturated carbocycles. The van der Waals surface area contributed by atoms with Gasteiger partial charge in [-0.05, 0) is 0 Å². The van der Waals surface area contributed by atoms with E-state index in [4.69, 9.17) is 20.7 Å². The van der Waals surface area contributed by atoms with Gasteiger partial charge in [0.25, 0.3) is 0 Å². The van der Waals surface area contributed by atoms with Gasteiger partial charge in [-0.1, -0.05) is 0 Å². The van der Waals surface area contributed by atoms with Crippen molar-refractivity contribution in [3.05, 3.63) is 0 Å². The van der Waals surface area contributed by atoms with Gasteiger partial charge in [0.1, 0.15) is 0 Å². The number of hydrogen-bond acceptors (Lipinski definition) is 4. The molecule has 0 spiro atoms. The molecule has 0 aromatic carbocycles.